The molecule has 1 unspecified atom stereocenters. The smallest absolute Gasteiger partial charge is 0.280 e. The monoisotopic (exact) mass is 330 g/mol. The van der Waals surface area contributed by atoms with Crippen molar-refractivity contribution in [3.05, 3.63) is 23.2 Å². The van der Waals surface area contributed by atoms with Gasteiger partial charge in [-0.1, -0.05) is 0 Å². The lowest BCUT2D eigenvalue weighted by molar-refractivity contribution is -0.114. The van der Waals surface area contributed by atoms with Gasteiger partial charge in [-0.15, -0.1) is 11.3 Å². The Morgan fingerprint density at radius 3 is 3.00 bits per heavy atom. The summed E-state index contributed by atoms with van der Waals surface area (Å²) in [5.41, 5.74) is -0.275. The van der Waals surface area contributed by atoms with E-state index in [9.17, 15) is 18.3 Å². The number of aliphatic hydroxyl groups excluding tert-OH is 1. The van der Waals surface area contributed by atoms with Crippen molar-refractivity contribution in [1.82, 2.24) is 14.2 Å². The number of fused-ring (bicyclic) bond motifs is 1. The van der Waals surface area contributed by atoms with E-state index in [1.807, 2.05) is 0 Å². The lowest BCUT2D eigenvalue weighted by Gasteiger charge is -2.36. The zero-order chi connectivity index (χ0) is 15.2. The van der Waals surface area contributed by atoms with Crippen LogP contribution < -0.4 is 5.32 Å². The topological polar surface area (TPSA) is 103 Å². The summed E-state index contributed by atoms with van der Waals surface area (Å²) in [7, 11) is -2.41. The second kappa shape index (κ2) is 4.88. The molecule has 1 aromatic rings. The van der Waals surface area contributed by atoms with Gasteiger partial charge in [-0.3, -0.25) is 14.4 Å². The van der Waals surface area contributed by atoms with Crippen molar-refractivity contribution in [1.29, 1.82) is 0 Å². The largest absolute Gasteiger partial charge is 0.493 e. The third-order valence-corrected chi connectivity index (χ3v) is 6.40. The van der Waals surface area contributed by atoms with Gasteiger partial charge in [0.25, 0.3) is 15.9 Å². The predicted molar refractivity (Wildman–Crippen MR) is 76.8 cm³/mol. The van der Waals surface area contributed by atoms with Crippen molar-refractivity contribution in [3.63, 3.8) is 0 Å². The van der Waals surface area contributed by atoms with Crippen LogP contribution in [0.4, 0.5) is 5.13 Å². The van der Waals surface area contributed by atoms with Gasteiger partial charge in [-0.05, 0) is 12.8 Å². The number of carbonyl (C=O) groups is 1. The molecule has 1 fully saturated rings. The second-order valence-electron chi connectivity index (χ2n) is 4.77. The number of nitrogens with zero attached hydrogens (tertiary/aromatic N) is 3. The number of amides is 1. The minimum Gasteiger partial charge on any atom is -0.493 e. The van der Waals surface area contributed by atoms with Crippen LogP contribution in [-0.4, -0.2) is 52.6 Å². The van der Waals surface area contributed by atoms with Crippen molar-refractivity contribution in [2.24, 2.45) is 0 Å². The molecule has 0 aliphatic carbocycles. The Kier molecular flexibility index (Phi) is 3.29. The van der Waals surface area contributed by atoms with Crippen LogP contribution in [0.15, 0.2) is 23.2 Å². The van der Waals surface area contributed by atoms with Gasteiger partial charge in [0, 0.05) is 25.2 Å². The summed E-state index contributed by atoms with van der Waals surface area (Å²) in [6, 6.07) is 0. The zero-order valence-electron chi connectivity index (χ0n) is 11.2. The molecule has 0 radical (unpaired) electrons. The Balaban J connectivity index is 1.99. The molecule has 2 N–H and O–H groups in total. The molecule has 8 nitrogen and oxygen atoms in total. The Morgan fingerprint density at radius 1 is 1.57 bits per heavy atom. The molecule has 0 saturated carbocycles. The van der Waals surface area contributed by atoms with E-state index in [0.717, 1.165) is 4.31 Å². The number of anilines is 1. The number of thiazole rings is 1. The number of likely N-dealkylation sites (N-methyl/N-ethyl adjacent to an activating group) is 1. The summed E-state index contributed by atoms with van der Waals surface area (Å²) in [5.74, 6) is -0.997. The van der Waals surface area contributed by atoms with Gasteiger partial charge in [-0.2, -0.15) is 0 Å². The maximum Gasteiger partial charge on any atom is 0.280 e. The Morgan fingerprint density at radius 2 is 2.33 bits per heavy atom. The van der Waals surface area contributed by atoms with E-state index < -0.39 is 21.3 Å². The number of aliphatic hydroxyl groups is 1. The molecule has 0 bridgehead atoms. The number of sulfonamides is 1. The van der Waals surface area contributed by atoms with E-state index in [0.29, 0.717) is 24.5 Å². The molecule has 0 spiro atoms. The van der Waals surface area contributed by atoms with Crippen LogP contribution in [0, 0.1) is 0 Å². The van der Waals surface area contributed by atoms with Crippen LogP contribution in [0.2, 0.25) is 0 Å². The molecule has 21 heavy (non-hydrogen) atoms. The van der Waals surface area contributed by atoms with Gasteiger partial charge in [0.15, 0.2) is 16.2 Å². The highest BCUT2D eigenvalue weighted by atomic mass is 32.2. The van der Waals surface area contributed by atoms with Crippen molar-refractivity contribution >= 4 is 32.4 Å². The Labute approximate surface area is 125 Å². The minimum atomic E-state index is -3.68. The van der Waals surface area contributed by atoms with Gasteiger partial charge in [0.05, 0.1) is 0 Å². The molecule has 1 atom stereocenters. The fourth-order valence-corrected chi connectivity index (χ4v) is 4.86. The number of aromatic nitrogens is 1. The summed E-state index contributed by atoms with van der Waals surface area (Å²) >= 11 is 1.21. The molecule has 0 aromatic carbocycles. The molecule has 3 rings (SSSR count). The Bertz CT molecular complexity index is 698. The number of hydrogen-bond donors (Lipinski definition) is 2. The molecular weight excluding hydrogens is 316 g/mol. The first kappa shape index (κ1) is 14.1. The van der Waals surface area contributed by atoms with E-state index in [-0.39, 0.29) is 11.6 Å². The third kappa shape index (κ3) is 2.14. The molecule has 2 aliphatic rings. The first-order valence-corrected chi connectivity index (χ1v) is 8.69. The van der Waals surface area contributed by atoms with E-state index in [4.69, 9.17) is 0 Å². The predicted octanol–water partition coefficient (Wildman–Crippen LogP) is 0.506. The van der Waals surface area contributed by atoms with E-state index in [1.54, 1.807) is 5.38 Å². The zero-order valence-corrected chi connectivity index (χ0v) is 12.8. The average molecular weight is 330 g/mol. The fourth-order valence-electron chi connectivity index (χ4n) is 2.56. The van der Waals surface area contributed by atoms with Crippen LogP contribution in [0.25, 0.3) is 0 Å². The summed E-state index contributed by atoms with van der Waals surface area (Å²) in [4.78, 5) is 17.5. The molecule has 10 heteroatoms. The molecule has 3 heterocycles. The maximum atomic E-state index is 12.4. The molecular formula is C11H14N4O4S2. The molecule has 2 aliphatic heterocycles. The summed E-state index contributed by atoms with van der Waals surface area (Å²) in [6.07, 6.45) is 2.62. The van der Waals surface area contributed by atoms with Crippen LogP contribution in [0.5, 0.6) is 0 Å². The van der Waals surface area contributed by atoms with Crippen molar-refractivity contribution in [2.45, 2.75) is 18.2 Å². The van der Waals surface area contributed by atoms with Gasteiger partial charge in [0.2, 0.25) is 5.88 Å². The highest BCUT2D eigenvalue weighted by Gasteiger charge is 2.47. The van der Waals surface area contributed by atoms with Crippen LogP contribution in [0.3, 0.4) is 0 Å². The van der Waals surface area contributed by atoms with Crippen molar-refractivity contribution < 1.29 is 18.3 Å². The first-order valence-electron chi connectivity index (χ1n) is 6.31. The number of carbonyl (C=O) groups excluding carboxylic acids is 1. The van der Waals surface area contributed by atoms with Crippen molar-refractivity contribution in [3.8, 4) is 0 Å². The van der Waals surface area contributed by atoms with Gasteiger partial charge >= 0.3 is 0 Å². The van der Waals surface area contributed by atoms with E-state index in [2.05, 4.69) is 10.3 Å². The average Bonchev–Trinajstić information content (AvgIpc) is 3.07. The lowest BCUT2D eigenvalue weighted by Crippen LogP contribution is -2.51. The van der Waals surface area contributed by atoms with Gasteiger partial charge in [0.1, 0.15) is 0 Å². The number of nitrogens with one attached hydrogen (secondary N) is 1. The third-order valence-electron chi connectivity index (χ3n) is 3.59. The Hall–Kier alpha value is -1.81. The number of hydrogen-bond acceptors (Lipinski definition) is 7. The quantitative estimate of drug-likeness (QED) is 0.819. The van der Waals surface area contributed by atoms with Crippen LogP contribution in [-0.2, 0) is 14.8 Å². The van der Waals surface area contributed by atoms with E-state index >= 15 is 0 Å². The normalized spacial score (nSPS) is 24.1. The summed E-state index contributed by atoms with van der Waals surface area (Å²) < 4.78 is 25.7. The lowest BCUT2D eigenvalue weighted by atomic mass is 10.4. The maximum absolute atomic E-state index is 12.4. The van der Waals surface area contributed by atoms with E-state index in [1.165, 1.54) is 29.5 Å². The molecule has 1 saturated heterocycles. The molecule has 1 aromatic heterocycles. The molecule has 1 amide bonds. The SMILES string of the molecule is CN1C(C(=O)Nc2nccs2)=C(O)N2CCCC2S1(=O)=O. The highest BCUT2D eigenvalue weighted by molar-refractivity contribution is 7.89. The minimum absolute atomic E-state index is 0.275. The summed E-state index contributed by atoms with van der Waals surface area (Å²) in [6.45, 7) is 0.414. The van der Waals surface area contributed by atoms with Gasteiger partial charge < -0.3 is 10.0 Å². The first-order chi connectivity index (χ1) is 9.93. The standard InChI is InChI=1S/C11H14N4O4S2/c1-14-8(9(16)13-11-12-4-6-20-11)10(17)15-5-2-3-7(15)21(14,18)19/h4,6-7,17H,2-3,5H2,1H3,(H,12,13,16). The summed E-state index contributed by atoms with van der Waals surface area (Å²) in [5, 5.41) is 14.0. The van der Waals surface area contributed by atoms with Crippen LogP contribution >= 0.6 is 11.3 Å². The fraction of sp³-hybridized carbons (Fsp3) is 0.455. The van der Waals surface area contributed by atoms with Crippen molar-refractivity contribution in [2.75, 3.05) is 18.9 Å². The van der Waals surface area contributed by atoms with Crippen LogP contribution in [0.1, 0.15) is 12.8 Å². The molecule has 114 valence electrons. The highest BCUT2D eigenvalue weighted by Crippen LogP contribution is 2.35. The number of rotatable bonds is 2. The van der Waals surface area contributed by atoms with Gasteiger partial charge in [-0.25, -0.2) is 13.4 Å². The second-order valence-corrected chi connectivity index (χ2v) is 7.78.